The van der Waals surface area contributed by atoms with Crippen molar-refractivity contribution in [3.8, 4) is 0 Å². The lowest BCUT2D eigenvalue weighted by atomic mass is 10.2. The van der Waals surface area contributed by atoms with Crippen molar-refractivity contribution in [2.24, 2.45) is 0 Å². The number of aromatic nitrogens is 1. The van der Waals surface area contributed by atoms with E-state index in [0.29, 0.717) is 6.04 Å². The van der Waals surface area contributed by atoms with Gasteiger partial charge in [-0.15, -0.1) is 0 Å². The molecule has 1 atom stereocenters. The summed E-state index contributed by atoms with van der Waals surface area (Å²) < 4.78 is 0. The van der Waals surface area contributed by atoms with Gasteiger partial charge in [-0.1, -0.05) is 11.3 Å². The molecule has 1 aliphatic heterocycles. The SMILES string of the molecule is CC(=O)c1cnc(N2CCN(C)CC2C)s1. The Labute approximate surface area is 99.9 Å². The minimum absolute atomic E-state index is 0.102. The Morgan fingerprint density at radius 2 is 2.31 bits per heavy atom. The van der Waals surface area contributed by atoms with Gasteiger partial charge in [0.2, 0.25) is 0 Å². The van der Waals surface area contributed by atoms with Gasteiger partial charge in [0.1, 0.15) is 0 Å². The summed E-state index contributed by atoms with van der Waals surface area (Å²) in [5, 5.41) is 0.978. The number of nitrogens with zero attached hydrogens (tertiary/aromatic N) is 3. The number of ketones is 1. The Kier molecular flexibility index (Phi) is 3.25. The van der Waals surface area contributed by atoms with Crippen LogP contribution < -0.4 is 4.90 Å². The Balaban J connectivity index is 2.14. The molecule has 4 nitrogen and oxygen atoms in total. The van der Waals surface area contributed by atoms with Crippen LogP contribution in [-0.2, 0) is 0 Å². The van der Waals surface area contributed by atoms with Gasteiger partial charge < -0.3 is 9.80 Å². The van der Waals surface area contributed by atoms with Crippen LogP contribution in [0.5, 0.6) is 0 Å². The summed E-state index contributed by atoms with van der Waals surface area (Å²) in [4.78, 5) is 20.9. The molecule has 5 heteroatoms. The molecule has 1 saturated heterocycles. The minimum atomic E-state index is 0.102. The van der Waals surface area contributed by atoms with E-state index < -0.39 is 0 Å². The zero-order valence-corrected chi connectivity index (χ0v) is 10.8. The lowest BCUT2D eigenvalue weighted by molar-refractivity contribution is 0.102. The molecular formula is C11H17N3OS. The second-order valence-corrected chi connectivity index (χ2v) is 5.38. The number of Topliss-reactive ketones (excluding diaryl/α,β-unsaturated/α-hetero) is 1. The largest absolute Gasteiger partial charge is 0.343 e. The molecule has 2 rings (SSSR count). The van der Waals surface area contributed by atoms with Crippen LogP contribution in [0.1, 0.15) is 23.5 Å². The zero-order valence-electron chi connectivity index (χ0n) is 9.93. The van der Waals surface area contributed by atoms with E-state index in [1.54, 1.807) is 13.1 Å². The second-order valence-electron chi connectivity index (χ2n) is 4.37. The minimum Gasteiger partial charge on any atom is -0.343 e. The van der Waals surface area contributed by atoms with Crippen LogP contribution in [0.3, 0.4) is 0 Å². The topological polar surface area (TPSA) is 36.4 Å². The van der Waals surface area contributed by atoms with E-state index in [0.717, 1.165) is 29.6 Å². The molecular weight excluding hydrogens is 222 g/mol. The van der Waals surface area contributed by atoms with E-state index in [1.807, 2.05) is 0 Å². The molecule has 0 aliphatic carbocycles. The maximum absolute atomic E-state index is 11.2. The molecule has 16 heavy (non-hydrogen) atoms. The number of hydrogen-bond donors (Lipinski definition) is 0. The number of anilines is 1. The average Bonchev–Trinajstić information content (AvgIpc) is 2.66. The maximum atomic E-state index is 11.2. The van der Waals surface area contributed by atoms with Crippen molar-refractivity contribution in [2.45, 2.75) is 19.9 Å². The summed E-state index contributed by atoms with van der Waals surface area (Å²) in [6, 6.07) is 0.463. The van der Waals surface area contributed by atoms with Crippen molar-refractivity contribution in [1.82, 2.24) is 9.88 Å². The van der Waals surface area contributed by atoms with E-state index in [4.69, 9.17) is 0 Å². The molecule has 0 aromatic carbocycles. The fraction of sp³-hybridized carbons (Fsp3) is 0.636. The molecule has 1 unspecified atom stereocenters. The van der Waals surface area contributed by atoms with Crippen LogP contribution in [0.4, 0.5) is 5.13 Å². The van der Waals surface area contributed by atoms with Gasteiger partial charge in [0.25, 0.3) is 0 Å². The summed E-state index contributed by atoms with van der Waals surface area (Å²) in [5.41, 5.74) is 0. The van der Waals surface area contributed by atoms with Crippen molar-refractivity contribution < 1.29 is 4.79 Å². The average molecular weight is 239 g/mol. The van der Waals surface area contributed by atoms with E-state index >= 15 is 0 Å². The standard InChI is InChI=1S/C11H17N3OS/c1-8-7-13(3)4-5-14(8)11-12-6-10(16-11)9(2)15/h6,8H,4-5,7H2,1-3H3. The van der Waals surface area contributed by atoms with E-state index in [2.05, 4.69) is 28.8 Å². The third-order valence-electron chi connectivity index (χ3n) is 2.92. The summed E-state index contributed by atoms with van der Waals surface area (Å²) in [7, 11) is 2.14. The molecule has 0 saturated carbocycles. The third-order valence-corrected chi connectivity index (χ3v) is 4.05. The monoisotopic (exact) mass is 239 g/mol. The van der Waals surface area contributed by atoms with Crippen molar-refractivity contribution in [2.75, 3.05) is 31.6 Å². The highest BCUT2D eigenvalue weighted by Crippen LogP contribution is 2.26. The Morgan fingerprint density at radius 3 is 2.88 bits per heavy atom. The fourth-order valence-corrected chi connectivity index (χ4v) is 2.92. The molecule has 1 aromatic heterocycles. The summed E-state index contributed by atoms with van der Waals surface area (Å²) >= 11 is 1.50. The number of thiazole rings is 1. The van der Waals surface area contributed by atoms with Crippen molar-refractivity contribution in [1.29, 1.82) is 0 Å². The predicted molar refractivity (Wildman–Crippen MR) is 66.4 cm³/mol. The van der Waals surface area contributed by atoms with Crippen LogP contribution in [-0.4, -0.2) is 48.4 Å². The van der Waals surface area contributed by atoms with E-state index in [1.165, 1.54) is 11.3 Å². The van der Waals surface area contributed by atoms with E-state index in [9.17, 15) is 4.79 Å². The molecule has 0 N–H and O–H groups in total. The first-order chi connectivity index (χ1) is 7.58. The molecule has 1 aromatic rings. The number of carbonyl (C=O) groups is 1. The van der Waals surface area contributed by atoms with Crippen molar-refractivity contribution in [3.05, 3.63) is 11.1 Å². The highest BCUT2D eigenvalue weighted by atomic mass is 32.1. The Hall–Kier alpha value is -0.940. The second kappa shape index (κ2) is 4.51. The first-order valence-electron chi connectivity index (χ1n) is 5.50. The summed E-state index contributed by atoms with van der Waals surface area (Å²) in [6.07, 6.45) is 1.69. The van der Waals surface area contributed by atoms with Crippen LogP contribution in [0.25, 0.3) is 0 Å². The predicted octanol–water partition coefficient (Wildman–Crippen LogP) is 1.49. The summed E-state index contributed by atoms with van der Waals surface area (Å²) in [5.74, 6) is 0.102. The molecule has 0 spiro atoms. The normalized spacial score (nSPS) is 22.4. The fourth-order valence-electron chi connectivity index (χ4n) is 1.98. The quantitative estimate of drug-likeness (QED) is 0.733. The number of likely N-dealkylation sites (N-methyl/N-ethyl adjacent to an activating group) is 1. The third kappa shape index (κ3) is 2.25. The lowest BCUT2D eigenvalue weighted by Gasteiger charge is -2.38. The molecule has 1 fully saturated rings. The van der Waals surface area contributed by atoms with Gasteiger partial charge in [0.15, 0.2) is 10.9 Å². The van der Waals surface area contributed by atoms with Gasteiger partial charge >= 0.3 is 0 Å². The van der Waals surface area contributed by atoms with Crippen molar-refractivity contribution in [3.63, 3.8) is 0 Å². The summed E-state index contributed by atoms with van der Waals surface area (Å²) in [6.45, 7) is 6.88. The molecule has 1 aliphatic rings. The first kappa shape index (κ1) is 11.5. The molecule has 0 amide bonds. The van der Waals surface area contributed by atoms with Crippen molar-refractivity contribution >= 4 is 22.3 Å². The highest BCUT2D eigenvalue weighted by molar-refractivity contribution is 7.17. The van der Waals surface area contributed by atoms with Gasteiger partial charge in [-0.25, -0.2) is 4.98 Å². The number of hydrogen-bond acceptors (Lipinski definition) is 5. The van der Waals surface area contributed by atoms with Crippen LogP contribution >= 0.6 is 11.3 Å². The van der Waals surface area contributed by atoms with Gasteiger partial charge in [0, 0.05) is 32.6 Å². The van der Waals surface area contributed by atoms with Crippen LogP contribution in [0, 0.1) is 0 Å². The van der Waals surface area contributed by atoms with Gasteiger partial charge in [-0.2, -0.15) is 0 Å². The smallest absolute Gasteiger partial charge is 0.186 e. The van der Waals surface area contributed by atoms with Crippen LogP contribution in [0.15, 0.2) is 6.20 Å². The number of rotatable bonds is 2. The van der Waals surface area contributed by atoms with Gasteiger partial charge in [0.05, 0.1) is 11.1 Å². The molecule has 88 valence electrons. The first-order valence-corrected chi connectivity index (χ1v) is 6.31. The molecule has 0 bridgehead atoms. The maximum Gasteiger partial charge on any atom is 0.186 e. The highest BCUT2D eigenvalue weighted by Gasteiger charge is 2.24. The van der Waals surface area contributed by atoms with Crippen LogP contribution in [0.2, 0.25) is 0 Å². The lowest BCUT2D eigenvalue weighted by Crippen LogP contribution is -2.50. The Bertz CT molecular complexity index is 390. The Morgan fingerprint density at radius 1 is 1.56 bits per heavy atom. The molecule has 0 radical (unpaired) electrons. The number of piperazine rings is 1. The van der Waals surface area contributed by atoms with Gasteiger partial charge in [-0.05, 0) is 14.0 Å². The zero-order chi connectivity index (χ0) is 11.7. The van der Waals surface area contributed by atoms with Gasteiger partial charge in [-0.3, -0.25) is 4.79 Å². The molecule has 2 heterocycles. The number of carbonyl (C=O) groups excluding carboxylic acids is 1. The van der Waals surface area contributed by atoms with E-state index in [-0.39, 0.29) is 5.78 Å².